The van der Waals surface area contributed by atoms with Crippen molar-refractivity contribution in [3.8, 4) is 22.0 Å². The number of nitrogens with zero attached hydrogens (tertiary/aromatic N) is 7. The van der Waals surface area contributed by atoms with Gasteiger partial charge in [-0.15, -0.1) is 10.2 Å². The molecule has 13 heteroatoms. The second-order valence-electron chi connectivity index (χ2n) is 10.1. The zero-order valence-electron chi connectivity index (χ0n) is 24.5. The molecule has 0 spiro atoms. The topological polar surface area (TPSA) is 129 Å². The van der Waals surface area contributed by atoms with Crippen LogP contribution < -0.4 is 15.5 Å². The van der Waals surface area contributed by atoms with Crippen molar-refractivity contribution in [1.82, 2.24) is 30.0 Å². The van der Waals surface area contributed by atoms with Crippen LogP contribution in [0, 0.1) is 0 Å². The third-order valence-corrected chi connectivity index (χ3v) is 7.71. The fourth-order valence-electron chi connectivity index (χ4n) is 4.47. The molecule has 0 atom stereocenters. The third kappa shape index (κ3) is 7.69. The first kappa shape index (κ1) is 30.0. The molecule has 2 aromatic carbocycles. The normalized spacial score (nSPS) is 13.2. The lowest BCUT2D eigenvalue weighted by atomic mass is 10.1. The number of morpholine rings is 1. The molecule has 12 nitrogen and oxygen atoms in total. The molecule has 2 N–H and O–H groups in total. The summed E-state index contributed by atoms with van der Waals surface area (Å²) in [5.41, 5.74) is 2.30. The van der Waals surface area contributed by atoms with Gasteiger partial charge >= 0.3 is 6.03 Å². The Morgan fingerprint density at radius 1 is 0.953 bits per heavy atom. The van der Waals surface area contributed by atoms with Gasteiger partial charge in [0.25, 0.3) is 5.91 Å². The number of hydrogen-bond donors (Lipinski definition) is 2. The van der Waals surface area contributed by atoms with Crippen LogP contribution in [0.4, 0.5) is 21.4 Å². The number of anilines is 3. The van der Waals surface area contributed by atoms with Crippen LogP contribution in [0.25, 0.3) is 22.0 Å². The first-order valence-corrected chi connectivity index (χ1v) is 14.9. The van der Waals surface area contributed by atoms with Gasteiger partial charge in [0.15, 0.2) is 10.8 Å². The molecule has 224 valence electrons. The molecule has 2 aromatic heterocycles. The molecule has 0 saturated carbocycles. The van der Waals surface area contributed by atoms with Gasteiger partial charge in [-0.1, -0.05) is 53.8 Å². The summed E-state index contributed by atoms with van der Waals surface area (Å²) in [5.74, 6) is 0.785. The quantitative estimate of drug-likeness (QED) is 0.275. The van der Waals surface area contributed by atoms with E-state index in [9.17, 15) is 9.59 Å². The molecular weight excluding hydrogens is 566 g/mol. The van der Waals surface area contributed by atoms with E-state index < -0.39 is 0 Å². The average Bonchev–Trinajstić information content (AvgIpc) is 3.50. The first-order valence-electron chi connectivity index (χ1n) is 14.1. The minimum atomic E-state index is -0.373. The van der Waals surface area contributed by atoms with Crippen LogP contribution in [0.1, 0.15) is 17.4 Å². The SMILES string of the molecule is CCN(CCN(C)C)c1cc(C(=O)Nc2ccccc2-c2nnc(NC(=O)N3CCOCC3)s2)nc(-c2ccccc2)n1. The van der Waals surface area contributed by atoms with Crippen molar-refractivity contribution in [1.29, 1.82) is 0 Å². The van der Waals surface area contributed by atoms with Crippen LogP contribution in [0.5, 0.6) is 0 Å². The molecule has 0 aliphatic carbocycles. The number of rotatable bonds is 10. The number of urea groups is 1. The van der Waals surface area contributed by atoms with Crippen molar-refractivity contribution in [2.45, 2.75) is 6.92 Å². The van der Waals surface area contributed by atoms with E-state index >= 15 is 0 Å². The standard InChI is InChI=1S/C30H35N9O3S/c1-4-38(15-14-37(2)3)25-20-24(31-26(33-25)21-10-6-5-7-11-21)27(40)32-23-13-9-8-12-22(23)28-35-36-29(43-28)34-30(41)39-16-18-42-19-17-39/h5-13,20H,4,14-19H2,1-3H3,(H,32,40)(H,34,36,41). The molecule has 3 heterocycles. The van der Waals surface area contributed by atoms with Gasteiger partial charge in [-0.2, -0.15) is 0 Å². The second kappa shape index (κ2) is 14.1. The number of nitrogens with one attached hydrogen (secondary N) is 2. The highest BCUT2D eigenvalue weighted by atomic mass is 32.1. The van der Waals surface area contributed by atoms with Crippen molar-refractivity contribution in [2.24, 2.45) is 0 Å². The number of amides is 3. The Morgan fingerprint density at radius 3 is 2.44 bits per heavy atom. The van der Waals surface area contributed by atoms with Crippen LogP contribution >= 0.6 is 11.3 Å². The highest BCUT2D eigenvalue weighted by Crippen LogP contribution is 2.32. The van der Waals surface area contributed by atoms with Crippen molar-refractivity contribution in [3.05, 3.63) is 66.4 Å². The van der Waals surface area contributed by atoms with Crippen molar-refractivity contribution < 1.29 is 14.3 Å². The van der Waals surface area contributed by atoms with Crippen molar-refractivity contribution >= 4 is 39.9 Å². The molecule has 1 fully saturated rings. The summed E-state index contributed by atoms with van der Waals surface area (Å²) in [7, 11) is 4.05. The lowest BCUT2D eigenvalue weighted by Crippen LogP contribution is -2.43. The summed E-state index contributed by atoms with van der Waals surface area (Å²) in [6.45, 7) is 6.44. The molecule has 5 rings (SSSR count). The molecule has 1 aliphatic rings. The first-order chi connectivity index (χ1) is 20.9. The van der Waals surface area contributed by atoms with Gasteiger partial charge in [0.1, 0.15) is 11.5 Å². The van der Waals surface area contributed by atoms with E-state index in [4.69, 9.17) is 9.72 Å². The monoisotopic (exact) mass is 601 g/mol. The van der Waals surface area contributed by atoms with Crippen LogP contribution in [0.2, 0.25) is 0 Å². The predicted octanol–water partition coefficient (Wildman–Crippen LogP) is 4.17. The summed E-state index contributed by atoms with van der Waals surface area (Å²) >= 11 is 1.23. The Balaban J connectivity index is 1.39. The van der Waals surface area contributed by atoms with E-state index in [0.29, 0.717) is 59.3 Å². The van der Waals surface area contributed by atoms with E-state index in [-0.39, 0.29) is 17.6 Å². The van der Waals surface area contributed by atoms with E-state index in [0.717, 1.165) is 25.2 Å². The number of carbonyl (C=O) groups excluding carboxylic acids is 2. The number of hydrogen-bond acceptors (Lipinski definition) is 10. The number of benzene rings is 2. The third-order valence-electron chi connectivity index (χ3n) is 6.84. The Morgan fingerprint density at radius 2 is 1.70 bits per heavy atom. The van der Waals surface area contributed by atoms with Gasteiger partial charge < -0.3 is 24.8 Å². The fourth-order valence-corrected chi connectivity index (χ4v) is 5.24. The number of ether oxygens (including phenoxy) is 1. The van der Waals surface area contributed by atoms with E-state index in [2.05, 4.69) is 42.5 Å². The van der Waals surface area contributed by atoms with Crippen molar-refractivity contribution in [3.63, 3.8) is 0 Å². The number of carbonyl (C=O) groups is 2. The summed E-state index contributed by atoms with van der Waals surface area (Å²) in [4.78, 5) is 41.7. The molecule has 0 unspecified atom stereocenters. The maximum Gasteiger partial charge on any atom is 0.323 e. The van der Waals surface area contributed by atoms with Crippen LogP contribution in [-0.2, 0) is 4.74 Å². The van der Waals surface area contributed by atoms with Crippen molar-refractivity contribution in [2.75, 3.05) is 75.6 Å². The fraction of sp³-hybridized carbons (Fsp3) is 0.333. The molecule has 0 radical (unpaired) electrons. The van der Waals surface area contributed by atoms with E-state index in [1.165, 1.54) is 11.3 Å². The summed E-state index contributed by atoms with van der Waals surface area (Å²) in [6.07, 6.45) is 0. The molecule has 43 heavy (non-hydrogen) atoms. The Bertz CT molecular complexity index is 1540. The lowest BCUT2D eigenvalue weighted by molar-refractivity contribution is 0.0564. The average molecular weight is 602 g/mol. The minimum absolute atomic E-state index is 0.243. The largest absolute Gasteiger partial charge is 0.378 e. The van der Waals surface area contributed by atoms with Crippen LogP contribution in [0.15, 0.2) is 60.7 Å². The zero-order valence-corrected chi connectivity index (χ0v) is 25.3. The number of aromatic nitrogens is 4. The molecule has 1 aliphatic heterocycles. The van der Waals surface area contributed by atoms with E-state index in [1.54, 1.807) is 17.0 Å². The van der Waals surface area contributed by atoms with Gasteiger partial charge in [0.05, 0.1) is 18.9 Å². The molecule has 3 amide bonds. The lowest BCUT2D eigenvalue weighted by Gasteiger charge is -2.26. The minimum Gasteiger partial charge on any atom is -0.378 e. The number of para-hydroxylation sites is 1. The zero-order chi connectivity index (χ0) is 30.2. The number of likely N-dealkylation sites (N-methyl/N-ethyl adjacent to an activating group) is 2. The summed E-state index contributed by atoms with van der Waals surface area (Å²) in [6, 6.07) is 18.5. The van der Waals surface area contributed by atoms with E-state index in [1.807, 2.05) is 62.6 Å². The van der Waals surface area contributed by atoms with Gasteiger partial charge in [-0.05, 0) is 33.2 Å². The summed E-state index contributed by atoms with van der Waals surface area (Å²) in [5, 5.41) is 15.2. The Kier molecular flexibility index (Phi) is 9.87. The van der Waals surface area contributed by atoms with Crippen LogP contribution in [0.3, 0.4) is 0 Å². The highest BCUT2D eigenvalue weighted by Gasteiger charge is 2.21. The molecule has 4 aromatic rings. The Hall–Kier alpha value is -4.46. The molecular formula is C30H35N9O3S. The Labute approximate surface area is 254 Å². The smallest absolute Gasteiger partial charge is 0.323 e. The molecule has 1 saturated heterocycles. The van der Waals surface area contributed by atoms with Gasteiger partial charge in [-0.25, -0.2) is 14.8 Å². The second-order valence-corrected chi connectivity index (χ2v) is 11.1. The highest BCUT2D eigenvalue weighted by molar-refractivity contribution is 7.18. The van der Waals surface area contributed by atoms with Gasteiger partial charge in [0.2, 0.25) is 5.13 Å². The maximum absolute atomic E-state index is 13.7. The summed E-state index contributed by atoms with van der Waals surface area (Å²) < 4.78 is 5.32. The molecule has 0 bridgehead atoms. The van der Waals surface area contributed by atoms with Gasteiger partial charge in [-0.3, -0.25) is 10.1 Å². The van der Waals surface area contributed by atoms with Crippen LogP contribution in [-0.4, -0.2) is 102 Å². The maximum atomic E-state index is 13.7. The van der Waals surface area contributed by atoms with Gasteiger partial charge in [0, 0.05) is 49.9 Å². The predicted molar refractivity (Wildman–Crippen MR) is 169 cm³/mol.